The maximum atomic E-state index is 12.5. The molecule has 0 radical (unpaired) electrons. The molecule has 1 aromatic carbocycles. The summed E-state index contributed by atoms with van der Waals surface area (Å²) in [6.07, 6.45) is 0. The number of carbonyl (C=O) groups is 2. The third kappa shape index (κ3) is 3.17. The zero-order valence-electron chi connectivity index (χ0n) is 15.1. The molecule has 0 aromatic heterocycles. The number of carbonyl (C=O) groups excluding carboxylic acids is 2. The molecule has 3 aliphatic heterocycles. The highest BCUT2D eigenvalue weighted by molar-refractivity contribution is 5.79. The van der Waals surface area contributed by atoms with Crippen molar-refractivity contribution < 1.29 is 19.1 Å². The van der Waals surface area contributed by atoms with E-state index in [2.05, 4.69) is 4.90 Å². The molecule has 0 N–H and O–H groups in total. The van der Waals surface area contributed by atoms with Crippen LogP contribution in [0.2, 0.25) is 0 Å². The Hall–Kier alpha value is -2.12. The van der Waals surface area contributed by atoms with Crippen LogP contribution in [0.1, 0.15) is 6.92 Å². The molecule has 0 aliphatic carbocycles. The van der Waals surface area contributed by atoms with Gasteiger partial charge >= 0.3 is 0 Å². The molecule has 1 unspecified atom stereocenters. The fraction of sp³-hybridized carbons (Fsp3) is 0.579. The van der Waals surface area contributed by atoms with Gasteiger partial charge in [0.2, 0.25) is 5.91 Å². The Morgan fingerprint density at radius 1 is 1.19 bits per heavy atom. The van der Waals surface area contributed by atoms with E-state index in [1.165, 1.54) is 0 Å². The summed E-state index contributed by atoms with van der Waals surface area (Å²) in [6, 6.07) is 9.59. The fourth-order valence-corrected chi connectivity index (χ4v) is 4.31. The first-order valence-electron chi connectivity index (χ1n) is 9.13. The van der Waals surface area contributed by atoms with Crippen molar-refractivity contribution in [3.05, 3.63) is 30.3 Å². The third-order valence-corrected chi connectivity index (χ3v) is 5.63. The van der Waals surface area contributed by atoms with E-state index in [0.29, 0.717) is 45.1 Å². The molecule has 7 nitrogen and oxygen atoms in total. The van der Waals surface area contributed by atoms with Crippen LogP contribution in [0.5, 0.6) is 5.75 Å². The quantitative estimate of drug-likeness (QED) is 0.772. The third-order valence-electron chi connectivity index (χ3n) is 5.63. The highest BCUT2D eigenvalue weighted by atomic mass is 16.5. The molecule has 0 saturated carbocycles. The van der Waals surface area contributed by atoms with Crippen LogP contribution in [0.15, 0.2) is 30.3 Å². The van der Waals surface area contributed by atoms with Gasteiger partial charge in [-0.15, -0.1) is 0 Å². The molecule has 140 valence electrons. The Balaban J connectivity index is 1.38. The lowest BCUT2D eigenvalue weighted by Gasteiger charge is -2.63. The number of ether oxygens (including phenoxy) is 2. The lowest BCUT2D eigenvalue weighted by Crippen LogP contribution is -2.81. The molecule has 3 heterocycles. The first-order valence-corrected chi connectivity index (χ1v) is 9.13. The first-order chi connectivity index (χ1) is 12.6. The molecule has 1 atom stereocenters. The molecular weight excluding hydrogens is 334 g/mol. The highest BCUT2D eigenvalue weighted by Crippen LogP contribution is 2.35. The van der Waals surface area contributed by atoms with E-state index >= 15 is 0 Å². The van der Waals surface area contributed by atoms with Gasteiger partial charge in [0.25, 0.3) is 5.91 Å². The summed E-state index contributed by atoms with van der Waals surface area (Å²) >= 11 is 0. The molecule has 2 amide bonds. The van der Waals surface area contributed by atoms with E-state index in [-0.39, 0.29) is 30.0 Å². The Morgan fingerprint density at radius 2 is 1.92 bits per heavy atom. The highest BCUT2D eigenvalue weighted by Gasteiger charge is 2.55. The number of para-hydroxylation sites is 1. The van der Waals surface area contributed by atoms with Crippen LogP contribution in [0.3, 0.4) is 0 Å². The SMILES string of the molecule is CC(=O)N1CC2COCCN2C2(C1)CN(C(=O)COc1ccccc1)C2. The zero-order valence-corrected chi connectivity index (χ0v) is 15.1. The van der Waals surface area contributed by atoms with Gasteiger partial charge in [-0.05, 0) is 12.1 Å². The van der Waals surface area contributed by atoms with Crippen LogP contribution in [0, 0.1) is 0 Å². The number of amides is 2. The van der Waals surface area contributed by atoms with Gasteiger partial charge in [-0.2, -0.15) is 0 Å². The number of hydrogen-bond acceptors (Lipinski definition) is 5. The summed E-state index contributed by atoms with van der Waals surface area (Å²) in [5, 5.41) is 0. The molecule has 26 heavy (non-hydrogen) atoms. The van der Waals surface area contributed by atoms with E-state index < -0.39 is 0 Å². The monoisotopic (exact) mass is 359 g/mol. The van der Waals surface area contributed by atoms with Crippen LogP contribution >= 0.6 is 0 Å². The Labute approximate surface area is 153 Å². The van der Waals surface area contributed by atoms with Crippen LogP contribution < -0.4 is 4.74 Å². The smallest absolute Gasteiger partial charge is 0.260 e. The van der Waals surface area contributed by atoms with E-state index in [0.717, 1.165) is 6.54 Å². The van der Waals surface area contributed by atoms with E-state index in [1.807, 2.05) is 40.1 Å². The predicted octanol–water partition coefficient (Wildman–Crippen LogP) is 0.209. The minimum absolute atomic E-state index is 0.00997. The van der Waals surface area contributed by atoms with Crippen molar-refractivity contribution in [3.63, 3.8) is 0 Å². The lowest BCUT2D eigenvalue weighted by molar-refractivity contribution is -0.181. The van der Waals surface area contributed by atoms with E-state index in [9.17, 15) is 9.59 Å². The number of hydrogen-bond donors (Lipinski definition) is 0. The molecule has 3 aliphatic rings. The Kier molecular flexibility index (Phi) is 4.58. The van der Waals surface area contributed by atoms with Crippen LogP contribution in [-0.4, -0.2) is 90.6 Å². The van der Waals surface area contributed by atoms with Crippen LogP contribution in [0.25, 0.3) is 0 Å². The lowest BCUT2D eigenvalue weighted by atomic mass is 9.82. The summed E-state index contributed by atoms with van der Waals surface area (Å²) in [4.78, 5) is 30.6. The van der Waals surface area contributed by atoms with Crippen molar-refractivity contribution in [2.45, 2.75) is 18.5 Å². The van der Waals surface area contributed by atoms with Gasteiger partial charge in [-0.25, -0.2) is 0 Å². The number of rotatable bonds is 3. The van der Waals surface area contributed by atoms with Gasteiger partial charge in [0.05, 0.1) is 24.8 Å². The topological polar surface area (TPSA) is 62.3 Å². The maximum absolute atomic E-state index is 12.5. The van der Waals surface area contributed by atoms with Crippen molar-refractivity contribution in [2.75, 3.05) is 52.5 Å². The standard InChI is InChI=1S/C19H25N3O4/c1-15(23)20-9-16-10-25-8-7-22(16)19(12-20)13-21(14-19)18(24)11-26-17-5-3-2-4-6-17/h2-6,16H,7-14H2,1H3. The Morgan fingerprint density at radius 3 is 2.65 bits per heavy atom. The van der Waals surface area contributed by atoms with Gasteiger partial charge in [-0.3, -0.25) is 14.5 Å². The average Bonchev–Trinajstić information content (AvgIpc) is 2.64. The van der Waals surface area contributed by atoms with E-state index in [1.54, 1.807) is 6.92 Å². The average molecular weight is 359 g/mol. The van der Waals surface area contributed by atoms with Gasteiger partial charge in [0.1, 0.15) is 5.75 Å². The summed E-state index contributed by atoms with van der Waals surface area (Å²) in [5.74, 6) is 0.778. The molecule has 3 fully saturated rings. The molecular formula is C19H25N3O4. The maximum Gasteiger partial charge on any atom is 0.260 e. The van der Waals surface area contributed by atoms with Crippen molar-refractivity contribution in [1.29, 1.82) is 0 Å². The van der Waals surface area contributed by atoms with E-state index in [4.69, 9.17) is 9.47 Å². The second kappa shape index (κ2) is 6.89. The van der Waals surface area contributed by atoms with Gasteiger partial charge in [0.15, 0.2) is 6.61 Å². The first kappa shape index (κ1) is 17.3. The van der Waals surface area contributed by atoms with Crippen LogP contribution in [0.4, 0.5) is 0 Å². The summed E-state index contributed by atoms with van der Waals surface area (Å²) < 4.78 is 11.2. The summed E-state index contributed by atoms with van der Waals surface area (Å²) in [7, 11) is 0. The number of benzene rings is 1. The fourth-order valence-electron chi connectivity index (χ4n) is 4.31. The molecule has 7 heteroatoms. The van der Waals surface area contributed by atoms with Gasteiger partial charge < -0.3 is 19.3 Å². The van der Waals surface area contributed by atoms with Crippen molar-refractivity contribution in [3.8, 4) is 5.75 Å². The minimum atomic E-state index is -0.138. The van der Waals surface area contributed by atoms with Crippen molar-refractivity contribution >= 4 is 11.8 Å². The molecule has 1 aromatic rings. The second-order valence-electron chi connectivity index (χ2n) is 7.40. The van der Waals surface area contributed by atoms with Gasteiger partial charge in [0, 0.05) is 39.6 Å². The second-order valence-corrected chi connectivity index (χ2v) is 7.40. The van der Waals surface area contributed by atoms with Crippen molar-refractivity contribution in [1.82, 2.24) is 14.7 Å². The number of nitrogens with zero attached hydrogens (tertiary/aromatic N) is 3. The number of piperazine rings is 1. The van der Waals surface area contributed by atoms with Crippen LogP contribution in [-0.2, 0) is 14.3 Å². The number of fused-ring (bicyclic) bond motifs is 2. The number of likely N-dealkylation sites (tertiary alicyclic amines) is 1. The Bertz CT molecular complexity index is 675. The molecule has 4 rings (SSSR count). The predicted molar refractivity (Wildman–Crippen MR) is 94.8 cm³/mol. The largest absolute Gasteiger partial charge is 0.484 e. The zero-order chi connectivity index (χ0) is 18.1. The summed E-state index contributed by atoms with van der Waals surface area (Å²) in [6.45, 7) is 6.56. The number of morpholine rings is 1. The minimum Gasteiger partial charge on any atom is -0.484 e. The summed E-state index contributed by atoms with van der Waals surface area (Å²) in [5.41, 5.74) is -0.138. The molecule has 3 saturated heterocycles. The molecule has 0 bridgehead atoms. The van der Waals surface area contributed by atoms with Gasteiger partial charge in [-0.1, -0.05) is 18.2 Å². The van der Waals surface area contributed by atoms with Crippen molar-refractivity contribution in [2.24, 2.45) is 0 Å². The normalized spacial score (nSPS) is 24.7. The molecule has 1 spiro atoms.